The van der Waals surface area contributed by atoms with Gasteiger partial charge >= 0.3 is 0 Å². The summed E-state index contributed by atoms with van der Waals surface area (Å²) in [6.07, 6.45) is 4.56. The maximum atomic E-state index is 4.21. The van der Waals surface area contributed by atoms with Crippen LogP contribution in [0.15, 0.2) is 48.8 Å². The number of anilines is 1. The molecule has 1 aliphatic heterocycles. The highest BCUT2D eigenvalue weighted by Crippen LogP contribution is 2.36. The molecule has 110 valence electrons. The Morgan fingerprint density at radius 3 is 2.77 bits per heavy atom. The normalized spacial score (nSPS) is 20.2. The van der Waals surface area contributed by atoms with Crippen molar-refractivity contribution in [1.82, 2.24) is 25.2 Å². The van der Waals surface area contributed by atoms with Crippen LogP contribution in [0, 0.1) is 6.92 Å². The molecule has 0 fully saturated rings. The standard InChI is InChI=1S/C16H16N6/c1-11-4-6-12(7-5-11)15-9-14(13-3-2-8-17-10-13)18-16-19-20-21-22(15)16/h2-8,10,14-15H,9H2,1H3,(H,18,19,21). The lowest BCUT2D eigenvalue weighted by Crippen LogP contribution is -2.28. The zero-order valence-electron chi connectivity index (χ0n) is 12.2. The molecule has 4 rings (SSSR count). The predicted octanol–water partition coefficient (Wildman–Crippen LogP) is 2.52. The largest absolute Gasteiger partial charge is 0.346 e. The molecule has 0 saturated carbocycles. The average Bonchev–Trinajstić information content (AvgIpc) is 3.04. The van der Waals surface area contributed by atoms with Gasteiger partial charge in [-0.15, -0.1) is 0 Å². The molecule has 2 atom stereocenters. The molecule has 6 heteroatoms. The Morgan fingerprint density at radius 2 is 2.00 bits per heavy atom. The van der Waals surface area contributed by atoms with Crippen LogP contribution in [0.1, 0.15) is 35.2 Å². The molecule has 1 aliphatic rings. The molecule has 2 unspecified atom stereocenters. The Kier molecular flexibility index (Phi) is 3.07. The summed E-state index contributed by atoms with van der Waals surface area (Å²) in [6.45, 7) is 2.09. The Balaban J connectivity index is 1.73. The smallest absolute Gasteiger partial charge is 0.243 e. The molecule has 6 nitrogen and oxygen atoms in total. The summed E-state index contributed by atoms with van der Waals surface area (Å²) in [5.74, 6) is 0.700. The lowest BCUT2D eigenvalue weighted by Gasteiger charge is -2.30. The first-order valence-electron chi connectivity index (χ1n) is 7.32. The number of aromatic nitrogens is 5. The van der Waals surface area contributed by atoms with Gasteiger partial charge in [0, 0.05) is 12.4 Å². The molecule has 22 heavy (non-hydrogen) atoms. The van der Waals surface area contributed by atoms with E-state index in [-0.39, 0.29) is 12.1 Å². The summed E-state index contributed by atoms with van der Waals surface area (Å²) in [7, 11) is 0. The van der Waals surface area contributed by atoms with Gasteiger partial charge in [0.05, 0.1) is 12.1 Å². The van der Waals surface area contributed by atoms with Crippen LogP contribution in [0.3, 0.4) is 0 Å². The van der Waals surface area contributed by atoms with Crippen LogP contribution in [-0.2, 0) is 0 Å². The quantitative estimate of drug-likeness (QED) is 0.786. The lowest BCUT2D eigenvalue weighted by molar-refractivity contribution is 0.423. The summed E-state index contributed by atoms with van der Waals surface area (Å²) in [4.78, 5) is 4.21. The highest BCUT2D eigenvalue weighted by Gasteiger charge is 2.30. The molecule has 1 N–H and O–H groups in total. The van der Waals surface area contributed by atoms with Crippen molar-refractivity contribution in [3.05, 3.63) is 65.5 Å². The minimum atomic E-state index is 0.122. The van der Waals surface area contributed by atoms with Gasteiger partial charge in [-0.25, -0.2) is 4.68 Å². The van der Waals surface area contributed by atoms with E-state index in [9.17, 15) is 0 Å². The number of nitrogens with zero attached hydrogens (tertiary/aromatic N) is 5. The van der Waals surface area contributed by atoms with Crippen molar-refractivity contribution in [3.63, 3.8) is 0 Å². The third-order valence-corrected chi connectivity index (χ3v) is 4.10. The number of tetrazole rings is 1. The molecule has 1 aromatic carbocycles. The molecular formula is C16H16N6. The second-order valence-corrected chi connectivity index (χ2v) is 5.59. The van der Waals surface area contributed by atoms with Gasteiger partial charge < -0.3 is 5.32 Å². The lowest BCUT2D eigenvalue weighted by atomic mass is 9.94. The van der Waals surface area contributed by atoms with Gasteiger partial charge in [0.25, 0.3) is 0 Å². The van der Waals surface area contributed by atoms with Gasteiger partial charge in [-0.3, -0.25) is 4.98 Å². The number of nitrogens with one attached hydrogen (secondary N) is 1. The van der Waals surface area contributed by atoms with Crippen LogP contribution >= 0.6 is 0 Å². The van der Waals surface area contributed by atoms with E-state index in [1.54, 1.807) is 6.20 Å². The van der Waals surface area contributed by atoms with E-state index in [1.807, 2.05) is 16.9 Å². The first-order valence-corrected chi connectivity index (χ1v) is 7.32. The van der Waals surface area contributed by atoms with Crippen molar-refractivity contribution in [1.29, 1.82) is 0 Å². The Labute approximate surface area is 128 Å². The predicted molar refractivity (Wildman–Crippen MR) is 82.4 cm³/mol. The number of fused-ring (bicyclic) bond motifs is 1. The molecule has 0 aliphatic carbocycles. The fourth-order valence-corrected chi connectivity index (χ4v) is 2.90. The molecule has 0 bridgehead atoms. The highest BCUT2D eigenvalue weighted by atomic mass is 15.6. The van der Waals surface area contributed by atoms with Gasteiger partial charge in [0.2, 0.25) is 5.95 Å². The fraction of sp³-hybridized carbons (Fsp3) is 0.250. The van der Waals surface area contributed by atoms with E-state index in [0.29, 0.717) is 5.95 Å². The third-order valence-electron chi connectivity index (χ3n) is 4.10. The molecule has 2 aromatic heterocycles. The summed E-state index contributed by atoms with van der Waals surface area (Å²) < 4.78 is 1.86. The maximum absolute atomic E-state index is 4.21. The van der Waals surface area contributed by atoms with Crippen LogP contribution in [0.2, 0.25) is 0 Å². The van der Waals surface area contributed by atoms with Crippen molar-refractivity contribution in [2.24, 2.45) is 0 Å². The second-order valence-electron chi connectivity index (χ2n) is 5.59. The van der Waals surface area contributed by atoms with Crippen molar-refractivity contribution in [2.45, 2.75) is 25.4 Å². The number of pyridine rings is 1. The van der Waals surface area contributed by atoms with E-state index in [4.69, 9.17) is 0 Å². The van der Waals surface area contributed by atoms with Gasteiger partial charge in [0.15, 0.2) is 0 Å². The highest BCUT2D eigenvalue weighted by molar-refractivity contribution is 5.37. The fourth-order valence-electron chi connectivity index (χ4n) is 2.90. The number of aryl methyl sites for hydroxylation is 1. The van der Waals surface area contributed by atoms with Crippen LogP contribution < -0.4 is 5.32 Å². The first-order chi connectivity index (χ1) is 10.8. The minimum Gasteiger partial charge on any atom is -0.346 e. The van der Waals surface area contributed by atoms with Gasteiger partial charge in [-0.05, 0) is 41.0 Å². The van der Waals surface area contributed by atoms with E-state index in [2.05, 4.69) is 63.1 Å². The minimum absolute atomic E-state index is 0.122. The maximum Gasteiger partial charge on any atom is 0.243 e. The van der Waals surface area contributed by atoms with Crippen molar-refractivity contribution >= 4 is 5.95 Å². The summed E-state index contributed by atoms with van der Waals surface area (Å²) >= 11 is 0. The summed E-state index contributed by atoms with van der Waals surface area (Å²) in [5, 5.41) is 15.4. The van der Waals surface area contributed by atoms with E-state index < -0.39 is 0 Å². The van der Waals surface area contributed by atoms with Crippen molar-refractivity contribution in [3.8, 4) is 0 Å². The number of benzene rings is 1. The van der Waals surface area contributed by atoms with Gasteiger partial charge in [-0.1, -0.05) is 41.0 Å². The molecule has 0 radical (unpaired) electrons. The van der Waals surface area contributed by atoms with E-state index >= 15 is 0 Å². The molecule has 3 heterocycles. The Bertz CT molecular complexity index is 765. The first kappa shape index (κ1) is 12.9. The molecule has 0 spiro atoms. The number of hydrogen-bond acceptors (Lipinski definition) is 5. The molecule has 0 amide bonds. The van der Waals surface area contributed by atoms with E-state index in [1.165, 1.54) is 11.1 Å². The Morgan fingerprint density at radius 1 is 1.14 bits per heavy atom. The summed E-state index contributed by atoms with van der Waals surface area (Å²) in [6, 6.07) is 12.9. The molecule has 3 aromatic rings. The molecule has 0 saturated heterocycles. The zero-order valence-corrected chi connectivity index (χ0v) is 12.2. The Hall–Kier alpha value is -2.76. The monoisotopic (exact) mass is 292 g/mol. The van der Waals surface area contributed by atoms with Gasteiger partial charge in [0.1, 0.15) is 0 Å². The van der Waals surface area contributed by atoms with Gasteiger partial charge in [-0.2, -0.15) is 0 Å². The summed E-state index contributed by atoms with van der Waals surface area (Å²) in [5.41, 5.74) is 3.61. The van der Waals surface area contributed by atoms with Crippen LogP contribution in [0.4, 0.5) is 5.95 Å². The topological polar surface area (TPSA) is 68.5 Å². The average molecular weight is 292 g/mol. The van der Waals surface area contributed by atoms with Crippen LogP contribution in [0.25, 0.3) is 0 Å². The van der Waals surface area contributed by atoms with Crippen LogP contribution in [-0.4, -0.2) is 25.2 Å². The number of rotatable bonds is 2. The molecular weight excluding hydrogens is 276 g/mol. The number of hydrogen-bond donors (Lipinski definition) is 1. The SMILES string of the molecule is Cc1ccc(C2CC(c3cccnc3)Nc3nnnn32)cc1. The van der Waals surface area contributed by atoms with Crippen LogP contribution in [0.5, 0.6) is 0 Å². The van der Waals surface area contributed by atoms with Crippen molar-refractivity contribution in [2.75, 3.05) is 5.32 Å². The van der Waals surface area contributed by atoms with Crippen molar-refractivity contribution < 1.29 is 0 Å². The zero-order chi connectivity index (χ0) is 14.9. The van der Waals surface area contributed by atoms with E-state index in [0.717, 1.165) is 12.0 Å². The second kappa shape index (κ2) is 5.22. The third kappa shape index (κ3) is 2.22.